The van der Waals surface area contributed by atoms with Crippen molar-refractivity contribution in [3.05, 3.63) is 33.5 Å². The van der Waals surface area contributed by atoms with Crippen LogP contribution in [0.25, 0.3) is 0 Å². The monoisotopic (exact) mass is 329 g/mol. The summed E-state index contributed by atoms with van der Waals surface area (Å²) in [5.41, 5.74) is 2.50. The molecule has 0 spiro atoms. The minimum absolute atomic E-state index is 0.335. The summed E-state index contributed by atoms with van der Waals surface area (Å²) in [5.74, 6) is 0.00343. The maximum Gasteiger partial charge on any atom is 0.208 e. The zero-order valence-electron chi connectivity index (χ0n) is 9.27. The Morgan fingerprint density at radius 3 is 3.11 bits per heavy atom. The van der Waals surface area contributed by atoms with E-state index in [1.54, 1.807) is 5.51 Å². The van der Waals surface area contributed by atoms with Gasteiger partial charge in [-0.2, -0.15) is 0 Å². The first-order valence-electron chi connectivity index (χ1n) is 5.36. The normalized spacial score (nSPS) is 14.9. The van der Waals surface area contributed by atoms with E-state index in [0.29, 0.717) is 29.9 Å². The fourth-order valence-electron chi connectivity index (χ4n) is 1.90. The van der Waals surface area contributed by atoms with Gasteiger partial charge in [-0.3, -0.25) is 0 Å². The average molecular weight is 330 g/mol. The zero-order chi connectivity index (χ0) is 12.5. The third-order valence-electron chi connectivity index (χ3n) is 2.67. The highest BCUT2D eigenvalue weighted by Gasteiger charge is 2.20. The summed E-state index contributed by atoms with van der Waals surface area (Å²) in [4.78, 5) is 2.04. The second-order valence-corrected chi connectivity index (χ2v) is 5.59. The molecule has 0 saturated heterocycles. The summed E-state index contributed by atoms with van der Waals surface area (Å²) in [6.45, 7) is 1.67. The van der Waals surface area contributed by atoms with E-state index in [1.165, 1.54) is 17.4 Å². The van der Waals surface area contributed by atoms with Gasteiger partial charge >= 0.3 is 0 Å². The summed E-state index contributed by atoms with van der Waals surface area (Å²) in [6.07, 6.45) is 0. The van der Waals surface area contributed by atoms with E-state index in [2.05, 4.69) is 26.1 Å². The van der Waals surface area contributed by atoms with Crippen LogP contribution in [0.2, 0.25) is 0 Å². The molecule has 0 saturated carbocycles. The highest BCUT2D eigenvalue weighted by molar-refractivity contribution is 9.10. The fraction of sp³-hybridized carbons (Fsp3) is 0.273. The lowest BCUT2D eigenvalue weighted by Crippen LogP contribution is -2.25. The predicted molar refractivity (Wildman–Crippen MR) is 70.6 cm³/mol. The van der Waals surface area contributed by atoms with Crippen molar-refractivity contribution in [2.24, 2.45) is 0 Å². The summed E-state index contributed by atoms with van der Waals surface area (Å²) >= 11 is 4.76. The van der Waals surface area contributed by atoms with Gasteiger partial charge in [0.15, 0.2) is 11.6 Å². The molecule has 18 heavy (non-hydrogen) atoms. The van der Waals surface area contributed by atoms with Crippen molar-refractivity contribution in [3.8, 4) is 5.75 Å². The number of hydrogen-bond donors (Lipinski definition) is 0. The number of halogens is 2. The van der Waals surface area contributed by atoms with Gasteiger partial charge in [-0.15, -0.1) is 10.2 Å². The van der Waals surface area contributed by atoms with Gasteiger partial charge in [0, 0.05) is 16.6 Å². The van der Waals surface area contributed by atoms with Crippen molar-refractivity contribution in [2.75, 3.05) is 18.1 Å². The van der Waals surface area contributed by atoms with Crippen LogP contribution in [-0.2, 0) is 6.54 Å². The minimum atomic E-state index is -0.335. The van der Waals surface area contributed by atoms with Crippen LogP contribution in [0.1, 0.15) is 5.56 Å². The Bertz CT molecular complexity index is 564. The van der Waals surface area contributed by atoms with Gasteiger partial charge in [0.25, 0.3) is 0 Å². The average Bonchev–Trinajstić information content (AvgIpc) is 2.76. The van der Waals surface area contributed by atoms with E-state index in [-0.39, 0.29) is 5.82 Å². The van der Waals surface area contributed by atoms with Crippen LogP contribution in [-0.4, -0.2) is 23.3 Å². The van der Waals surface area contributed by atoms with Gasteiger partial charge in [0.2, 0.25) is 5.13 Å². The molecule has 1 aliphatic rings. The van der Waals surface area contributed by atoms with Crippen molar-refractivity contribution in [2.45, 2.75) is 6.54 Å². The molecule has 1 aromatic heterocycles. The van der Waals surface area contributed by atoms with E-state index in [1.807, 2.05) is 11.0 Å². The molecule has 3 rings (SSSR count). The Morgan fingerprint density at radius 2 is 2.33 bits per heavy atom. The van der Waals surface area contributed by atoms with Crippen LogP contribution in [0, 0.1) is 5.82 Å². The summed E-state index contributed by atoms with van der Waals surface area (Å²) < 4.78 is 20.0. The number of nitrogens with zero attached hydrogens (tertiary/aromatic N) is 3. The first kappa shape index (κ1) is 11.9. The summed E-state index contributed by atoms with van der Waals surface area (Å²) in [7, 11) is 0. The lowest BCUT2D eigenvalue weighted by molar-refractivity contribution is 0.314. The van der Waals surface area contributed by atoms with E-state index in [9.17, 15) is 4.39 Å². The lowest BCUT2D eigenvalue weighted by atomic mass is 10.2. The van der Waals surface area contributed by atoms with Crippen LogP contribution >= 0.6 is 27.3 Å². The van der Waals surface area contributed by atoms with Crippen LogP contribution in [0.4, 0.5) is 9.52 Å². The molecular formula is C11H9BrFN3OS. The van der Waals surface area contributed by atoms with Gasteiger partial charge in [-0.1, -0.05) is 27.3 Å². The Morgan fingerprint density at radius 1 is 1.44 bits per heavy atom. The molecule has 0 atom stereocenters. The molecule has 2 aromatic rings. The van der Waals surface area contributed by atoms with Gasteiger partial charge in [-0.05, 0) is 12.1 Å². The van der Waals surface area contributed by atoms with Crippen molar-refractivity contribution in [1.82, 2.24) is 10.2 Å². The Hall–Kier alpha value is -1.21. The van der Waals surface area contributed by atoms with E-state index >= 15 is 0 Å². The highest BCUT2D eigenvalue weighted by Crippen LogP contribution is 2.31. The molecule has 0 amide bonds. The largest absolute Gasteiger partial charge is 0.488 e. The number of ether oxygens (including phenoxy) is 1. The molecule has 0 radical (unpaired) electrons. The molecule has 2 heterocycles. The first-order chi connectivity index (χ1) is 8.74. The smallest absolute Gasteiger partial charge is 0.208 e. The molecule has 4 nitrogen and oxygen atoms in total. The Kier molecular flexibility index (Phi) is 3.17. The van der Waals surface area contributed by atoms with Gasteiger partial charge in [0.1, 0.15) is 12.1 Å². The quantitative estimate of drug-likeness (QED) is 0.806. The van der Waals surface area contributed by atoms with Crippen molar-refractivity contribution < 1.29 is 9.13 Å². The van der Waals surface area contributed by atoms with Gasteiger partial charge < -0.3 is 9.64 Å². The standard InChI is InChI=1S/C11H9BrFN3OS/c12-8-3-7-5-16(11-15-14-6-18-11)1-2-17-10(7)9(13)4-8/h3-4,6H,1-2,5H2. The number of benzene rings is 1. The van der Waals surface area contributed by atoms with Crippen LogP contribution in [0.3, 0.4) is 0 Å². The van der Waals surface area contributed by atoms with Crippen LogP contribution < -0.4 is 9.64 Å². The maximum absolute atomic E-state index is 13.8. The third-order valence-corrected chi connectivity index (χ3v) is 3.88. The number of rotatable bonds is 1. The number of aromatic nitrogens is 2. The van der Waals surface area contributed by atoms with Gasteiger partial charge in [-0.25, -0.2) is 4.39 Å². The van der Waals surface area contributed by atoms with Gasteiger partial charge in [0.05, 0.1) is 6.54 Å². The third kappa shape index (κ3) is 2.20. The van der Waals surface area contributed by atoms with E-state index < -0.39 is 0 Å². The SMILES string of the molecule is Fc1cc(Br)cc2c1OCCN(c1nncs1)C2. The molecule has 0 fully saturated rings. The maximum atomic E-state index is 13.8. The van der Waals surface area contributed by atoms with Crippen LogP contribution in [0.5, 0.6) is 5.75 Å². The molecule has 1 aliphatic heterocycles. The molecule has 0 unspecified atom stereocenters. The first-order valence-corrected chi connectivity index (χ1v) is 7.03. The van der Waals surface area contributed by atoms with E-state index in [4.69, 9.17) is 4.74 Å². The van der Waals surface area contributed by atoms with Crippen molar-refractivity contribution in [3.63, 3.8) is 0 Å². The second kappa shape index (κ2) is 4.81. The summed E-state index contributed by atoms with van der Waals surface area (Å²) in [6, 6.07) is 3.29. The number of fused-ring (bicyclic) bond motifs is 1. The molecule has 94 valence electrons. The van der Waals surface area contributed by atoms with E-state index in [0.717, 1.165) is 10.7 Å². The Balaban J connectivity index is 1.98. The second-order valence-electron chi connectivity index (χ2n) is 3.87. The molecular weight excluding hydrogens is 321 g/mol. The minimum Gasteiger partial charge on any atom is -0.488 e. The number of anilines is 1. The van der Waals surface area contributed by atoms with Crippen LogP contribution in [0.15, 0.2) is 22.1 Å². The van der Waals surface area contributed by atoms with Crippen molar-refractivity contribution >= 4 is 32.4 Å². The fourth-order valence-corrected chi connectivity index (χ4v) is 2.97. The topological polar surface area (TPSA) is 38.2 Å². The predicted octanol–water partition coefficient (Wildman–Crippen LogP) is 2.84. The lowest BCUT2D eigenvalue weighted by Gasteiger charge is -2.17. The summed E-state index contributed by atoms with van der Waals surface area (Å²) in [5, 5.41) is 8.68. The number of hydrogen-bond acceptors (Lipinski definition) is 5. The molecule has 1 aromatic carbocycles. The molecule has 0 bridgehead atoms. The molecule has 0 N–H and O–H groups in total. The highest BCUT2D eigenvalue weighted by atomic mass is 79.9. The molecule has 0 aliphatic carbocycles. The molecule has 7 heteroatoms. The Labute approximate surface area is 116 Å². The zero-order valence-corrected chi connectivity index (χ0v) is 11.7. The van der Waals surface area contributed by atoms with Crippen molar-refractivity contribution in [1.29, 1.82) is 0 Å².